The quantitative estimate of drug-likeness (QED) is 0.611. The molecule has 1 heterocycles. The van der Waals surface area contributed by atoms with E-state index in [0.717, 1.165) is 5.82 Å². The molecule has 8 nitrogen and oxygen atoms in total. The summed E-state index contributed by atoms with van der Waals surface area (Å²) in [7, 11) is 3.23. The molecule has 0 aromatic carbocycles. The van der Waals surface area contributed by atoms with Gasteiger partial charge in [-0.3, -0.25) is 0 Å². The molecule has 0 aliphatic rings. The van der Waals surface area contributed by atoms with Crippen LogP contribution < -0.4 is 10.6 Å². The minimum Gasteiger partial charge on any atom is -0.480 e. The fourth-order valence-electron chi connectivity index (χ4n) is 1.48. The van der Waals surface area contributed by atoms with E-state index in [2.05, 4.69) is 15.6 Å². The molecule has 19 heavy (non-hydrogen) atoms. The van der Waals surface area contributed by atoms with Crippen LogP contribution in [0.2, 0.25) is 0 Å². The molecule has 2 amide bonds. The fraction of sp³-hybridized carbons (Fsp3) is 0.545. The van der Waals surface area contributed by atoms with Crippen molar-refractivity contribution in [2.75, 3.05) is 20.3 Å². The molecular weight excluding hydrogens is 252 g/mol. The van der Waals surface area contributed by atoms with Gasteiger partial charge in [-0.15, -0.1) is 0 Å². The molecule has 106 valence electrons. The molecule has 0 spiro atoms. The van der Waals surface area contributed by atoms with Crippen LogP contribution in [-0.2, 0) is 23.0 Å². The van der Waals surface area contributed by atoms with Gasteiger partial charge in [0.25, 0.3) is 0 Å². The Balaban J connectivity index is 2.31. The number of ether oxygens (including phenoxy) is 1. The van der Waals surface area contributed by atoms with Gasteiger partial charge in [0.1, 0.15) is 5.82 Å². The van der Waals surface area contributed by atoms with E-state index in [1.807, 2.05) is 17.8 Å². The number of nitrogens with one attached hydrogen (secondary N) is 2. The van der Waals surface area contributed by atoms with Crippen molar-refractivity contribution < 1.29 is 19.4 Å². The van der Waals surface area contributed by atoms with Gasteiger partial charge in [-0.1, -0.05) is 0 Å². The smallest absolute Gasteiger partial charge is 0.328 e. The first-order chi connectivity index (χ1) is 9.04. The highest BCUT2D eigenvalue weighted by Crippen LogP contribution is 1.94. The van der Waals surface area contributed by atoms with Gasteiger partial charge in [0.05, 0.1) is 6.61 Å². The summed E-state index contributed by atoms with van der Waals surface area (Å²) < 4.78 is 6.56. The number of carboxylic acid groups (broad SMARTS) is 1. The Labute approximate surface area is 110 Å². The Morgan fingerprint density at radius 2 is 2.32 bits per heavy atom. The number of aliphatic carboxylic acids is 1. The van der Waals surface area contributed by atoms with E-state index >= 15 is 0 Å². The van der Waals surface area contributed by atoms with Crippen molar-refractivity contribution in [3.63, 3.8) is 0 Å². The third kappa shape index (κ3) is 4.96. The molecule has 1 atom stereocenters. The van der Waals surface area contributed by atoms with Crippen LogP contribution in [0.4, 0.5) is 4.79 Å². The van der Waals surface area contributed by atoms with Crippen molar-refractivity contribution in [2.45, 2.75) is 12.5 Å². The highest BCUT2D eigenvalue weighted by atomic mass is 16.5. The largest absolute Gasteiger partial charge is 0.480 e. The summed E-state index contributed by atoms with van der Waals surface area (Å²) in [6.45, 7) is 0.290. The molecular formula is C11H18N4O4. The molecule has 3 N–H and O–H groups in total. The van der Waals surface area contributed by atoms with Crippen molar-refractivity contribution in [3.05, 3.63) is 18.2 Å². The van der Waals surface area contributed by atoms with E-state index < -0.39 is 18.0 Å². The lowest BCUT2D eigenvalue weighted by Gasteiger charge is -2.14. The minimum atomic E-state index is -1.14. The first-order valence-corrected chi connectivity index (χ1v) is 5.77. The number of urea groups is 1. The molecule has 0 bridgehead atoms. The van der Waals surface area contributed by atoms with Gasteiger partial charge in [-0.25, -0.2) is 14.6 Å². The molecule has 1 rings (SSSR count). The number of carbonyl (C=O) groups is 2. The van der Waals surface area contributed by atoms with Crippen LogP contribution >= 0.6 is 0 Å². The molecule has 0 radical (unpaired) electrons. The van der Waals surface area contributed by atoms with E-state index in [-0.39, 0.29) is 6.61 Å². The summed E-state index contributed by atoms with van der Waals surface area (Å²) in [6, 6.07) is -1.60. The van der Waals surface area contributed by atoms with Crippen molar-refractivity contribution in [2.24, 2.45) is 7.05 Å². The predicted octanol–water partition coefficient (Wildman–Crippen LogP) is -0.639. The second kappa shape index (κ2) is 7.37. The number of rotatable bonds is 7. The molecule has 0 saturated heterocycles. The van der Waals surface area contributed by atoms with Crippen molar-refractivity contribution >= 4 is 12.0 Å². The number of carboxylic acids is 1. The highest BCUT2D eigenvalue weighted by Gasteiger charge is 2.19. The van der Waals surface area contributed by atoms with Crippen LogP contribution in [0.15, 0.2) is 12.4 Å². The van der Waals surface area contributed by atoms with E-state index in [9.17, 15) is 9.59 Å². The van der Waals surface area contributed by atoms with E-state index in [4.69, 9.17) is 9.84 Å². The van der Waals surface area contributed by atoms with Gasteiger partial charge in [-0.05, 0) is 0 Å². The zero-order valence-corrected chi connectivity index (χ0v) is 10.9. The number of carbonyl (C=O) groups excluding carboxylic acids is 1. The average Bonchev–Trinajstić information content (AvgIpc) is 2.74. The topological polar surface area (TPSA) is 105 Å². The molecule has 0 fully saturated rings. The summed E-state index contributed by atoms with van der Waals surface area (Å²) >= 11 is 0. The summed E-state index contributed by atoms with van der Waals surface area (Å²) in [5, 5.41) is 13.7. The number of aromatic nitrogens is 2. The SMILES string of the molecule is COCC(NC(=O)NCCc1nccn1C)C(=O)O. The van der Waals surface area contributed by atoms with Crippen LogP contribution in [0.25, 0.3) is 0 Å². The second-order valence-electron chi connectivity index (χ2n) is 3.95. The van der Waals surface area contributed by atoms with Gasteiger partial charge in [0.2, 0.25) is 0 Å². The molecule has 0 aliphatic carbocycles. The molecule has 1 aromatic rings. The number of hydrogen-bond acceptors (Lipinski definition) is 4. The Morgan fingerprint density at radius 1 is 1.58 bits per heavy atom. The number of hydrogen-bond donors (Lipinski definition) is 3. The summed E-state index contributed by atoms with van der Waals surface area (Å²) in [6.07, 6.45) is 4.06. The standard InChI is InChI=1S/C11H18N4O4/c1-15-6-5-12-9(15)3-4-13-11(18)14-8(7-19-2)10(16)17/h5-6,8H,3-4,7H2,1-2H3,(H,16,17)(H2,13,14,18). The average molecular weight is 270 g/mol. The molecule has 0 saturated carbocycles. The van der Waals surface area contributed by atoms with Crippen molar-refractivity contribution in [3.8, 4) is 0 Å². The normalized spacial score (nSPS) is 11.9. The number of nitrogens with zero attached hydrogens (tertiary/aromatic N) is 2. The lowest BCUT2D eigenvalue weighted by atomic mass is 10.3. The van der Waals surface area contributed by atoms with Crippen molar-refractivity contribution in [1.29, 1.82) is 0 Å². The number of amides is 2. The highest BCUT2D eigenvalue weighted by molar-refractivity contribution is 5.82. The number of aryl methyl sites for hydroxylation is 1. The van der Waals surface area contributed by atoms with E-state index in [1.165, 1.54) is 7.11 Å². The van der Waals surface area contributed by atoms with Gasteiger partial charge < -0.3 is 25.0 Å². The molecule has 1 unspecified atom stereocenters. The summed E-state index contributed by atoms with van der Waals surface area (Å²) in [5.41, 5.74) is 0. The van der Waals surface area contributed by atoms with E-state index in [1.54, 1.807) is 6.20 Å². The Morgan fingerprint density at radius 3 is 2.84 bits per heavy atom. The summed E-state index contributed by atoms with van der Waals surface area (Å²) in [4.78, 5) is 26.4. The van der Waals surface area contributed by atoms with Crippen LogP contribution in [0.3, 0.4) is 0 Å². The lowest BCUT2D eigenvalue weighted by Crippen LogP contribution is -2.48. The number of methoxy groups -OCH3 is 1. The first kappa shape index (κ1) is 15.0. The van der Waals surface area contributed by atoms with Crippen molar-refractivity contribution in [1.82, 2.24) is 20.2 Å². The first-order valence-electron chi connectivity index (χ1n) is 5.77. The lowest BCUT2D eigenvalue weighted by molar-refractivity contribution is -0.140. The van der Waals surface area contributed by atoms with Gasteiger partial charge in [0, 0.05) is 39.5 Å². The van der Waals surface area contributed by atoms with Crippen LogP contribution in [0.5, 0.6) is 0 Å². The Kier molecular flexibility index (Phi) is 5.80. The van der Waals surface area contributed by atoms with Crippen LogP contribution in [-0.4, -0.2) is 53.0 Å². The predicted molar refractivity (Wildman–Crippen MR) is 66.7 cm³/mol. The zero-order valence-electron chi connectivity index (χ0n) is 10.9. The van der Waals surface area contributed by atoms with Crippen LogP contribution in [0, 0.1) is 0 Å². The maximum absolute atomic E-state index is 11.5. The monoisotopic (exact) mass is 270 g/mol. The zero-order chi connectivity index (χ0) is 14.3. The summed E-state index contributed by atoms with van der Waals surface area (Å²) in [5.74, 6) is -0.298. The molecule has 1 aromatic heterocycles. The van der Waals surface area contributed by atoms with Gasteiger partial charge >= 0.3 is 12.0 Å². The van der Waals surface area contributed by atoms with E-state index in [0.29, 0.717) is 13.0 Å². The Hall–Kier alpha value is -2.09. The minimum absolute atomic E-state index is 0.0812. The Bertz CT molecular complexity index is 432. The van der Waals surface area contributed by atoms with Gasteiger partial charge in [0.15, 0.2) is 6.04 Å². The second-order valence-corrected chi connectivity index (χ2v) is 3.95. The number of imidazole rings is 1. The molecule has 8 heteroatoms. The maximum atomic E-state index is 11.5. The van der Waals surface area contributed by atoms with Gasteiger partial charge in [-0.2, -0.15) is 0 Å². The van der Waals surface area contributed by atoms with Crippen LogP contribution in [0.1, 0.15) is 5.82 Å². The third-order valence-electron chi connectivity index (χ3n) is 2.49. The fourth-order valence-corrected chi connectivity index (χ4v) is 1.48. The molecule has 0 aliphatic heterocycles. The maximum Gasteiger partial charge on any atom is 0.328 e. The third-order valence-corrected chi connectivity index (χ3v) is 2.49.